The quantitative estimate of drug-likeness (QED) is 0.368. The van der Waals surface area contributed by atoms with Crippen molar-refractivity contribution < 1.29 is 9.47 Å². The molecule has 0 aliphatic rings. The van der Waals surface area contributed by atoms with Gasteiger partial charge in [0, 0.05) is 20.1 Å². The van der Waals surface area contributed by atoms with E-state index in [9.17, 15) is 0 Å². The van der Waals surface area contributed by atoms with Gasteiger partial charge in [0.05, 0.1) is 13.7 Å². The molecule has 0 aliphatic heterocycles. The van der Waals surface area contributed by atoms with Gasteiger partial charge in [0.15, 0.2) is 5.96 Å². The van der Waals surface area contributed by atoms with Gasteiger partial charge in [-0.25, -0.2) is 0 Å². The van der Waals surface area contributed by atoms with Gasteiger partial charge in [-0.3, -0.25) is 4.99 Å². The first-order valence-electron chi connectivity index (χ1n) is 8.59. The van der Waals surface area contributed by atoms with Crippen molar-refractivity contribution in [2.75, 3.05) is 54.0 Å². The van der Waals surface area contributed by atoms with Crippen molar-refractivity contribution in [2.45, 2.75) is 19.8 Å². The summed E-state index contributed by atoms with van der Waals surface area (Å²) in [5.74, 6) is 2.46. The zero-order chi connectivity index (χ0) is 17.6. The second-order valence-electron chi connectivity index (χ2n) is 5.61. The number of nitrogens with zero attached hydrogens (tertiary/aromatic N) is 2. The largest absolute Gasteiger partial charge is 0.497 e. The topological polar surface area (TPSA) is 58.1 Å². The molecule has 0 atom stereocenters. The van der Waals surface area contributed by atoms with Gasteiger partial charge in [-0.05, 0) is 44.3 Å². The van der Waals surface area contributed by atoms with Gasteiger partial charge in [-0.1, -0.05) is 13.3 Å². The molecule has 0 bridgehead atoms. The fraction of sp³-hybridized carbons (Fsp3) is 0.611. The smallest absolute Gasteiger partial charge is 0.191 e. The molecule has 6 nitrogen and oxygen atoms in total. The Labute approximate surface area is 146 Å². The molecule has 0 aliphatic carbocycles. The molecular weight excluding hydrogens is 304 g/mol. The first-order chi connectivity index (χ1) is 11.7. The second kappa shape index (κ2) is 12.5. The molecule has 0 radical (unpaired) electrons. The van der Waals surface area contributed by atoms with E-state index in [0.717, 1.165) is 37.1 Å². The van der Waals surface area contributed by atoms with Crippen molar-refractivity contribution in [2.24, 2.45) is 4.99 Å². The normalized spacial score (nSPS) is 11.5. The zero-order valence-electron chi connectivity index (χ0n) is 15.5. The highest BCUT2D eigenvalue weighted by Gasteiger charge is 2.00. The average molecular weight is 336 g/mol. The minimum atomic E-state index is 0.573. The van der Waals surface area contributed by atoms with Crippen LogP contribution >= 0.6 is 0 Å². The van der Waals surface area contributed by atoms with Crippen LogP contribution in [0.15, 0.2) is 29.3 Å². The number of nitrogens with one attached hydrogen (secondary N) is 2. The van der Waals surface area contributed by atoms with Crippen LogP contribution in [0.3, 0.4) is 0 Å². The molecule has 6 heteroatoms. The fourth-order valence-electron chi connectivity index (χ4n) is 2.14. The molecular formula is C18H32N4O2. The van der Waals surface area contributed by atoms with Crippen molar-refractivity contribution in [1.82, 2.24) is 15.5 Å². The van der Waals surface area contributed by atoms with E-state index in [4.69, 9.17) is 9.47 Å². The van der Waals surface area contributed by atoms with Crippen molar-refractivity contribution in [3.05, 3.63) is 24.3 Å². The standard InChI is InChI=1S/C18H32N4O2/c1-5-6-13-22(3)14-11-20-18(19-2)21-12-15-24-17-9-7-16(23-4)8-10-17/h7-10H,5-6,11-15H2,1-4H3,(H2,19,20,21). The summed E-state index contributed by atoms with van der Waals surface area (Å²) >= 11 is 0. The Morgan fingerprint density at radius 1 is 1.08 bits per heavy atom. The fourth-order valence-corrected chi connectivity index (χ4v) is 2.14. The number of methoxy groups -OCH3 is 1. The number of unbranched alkanes of at least 4 members (excludes halogenated alkanes) is 1. The molecule has 0 unspecified atom stereocenters. The number of likely N-dealkylation sites (N-methyl/N-ethyl adjacent to an activating group) is 1. The number of hydrogen-bond acceptors (Lipinski definition) is 4. The third-order valence-electron chi connectivity index (χ3n) is 3.63. The summed E-state index contributed by atoms with van der Waals surface area (Å²) in [5, 5.41) is 6.57. The van der Waals surface area contributed by atoms with E-state index < -0.39 is 0 Å². The lowest BCUT2D eigenvalue weighted by molar-refractivity contribution is 0.319. The molecule has 0 saturated carbocycles. The minimum Gasteiger partial charge on any atom is -0.497 e. The number of rotatable bonds is 11. The Balaban J connectivity index is 2.15. The highest BCUT2D eigenvalue weighted by atomic mass is 16.5. The number of benzene rings is 1. The molecule has 1 rings (SSSR count). The number of ether oxygens (including phenoxy) is 2. The lowest BCUT2D eigenvalue weighted by atomic mass is 10.3. The van der Waals surface area contributed by atoms with Crippen molar-refractivity contribution >= 4 is 5.96 Å². The maximum absolute atomic E-state index is 5.68. The molecule has 0 fully saturated rings. The lowest BCUT2D eigenvalue weighted by Gasteiger charge is -2.18. The van der Waals surface area contributed by atoms with Crippen LogP contribution in [0.25, 0.3) is 0 Å². The van der Waals surface area contributed by atoms with Gasteiger partial charge >= 0.3 is 0 Å². The van der Waals surface area contributed by atoms with Crippen molar-refractivity contribution in [3.8, 4) is 11.5 Å². The summed E-state index contributed by atoms with van der Waals surface area (Å²) in [6, 6.07) is 7.58. The molecule has 24 heavy (non-hydrogen) atoms. The van der Waals surface area contributed by atoms with Crippen LogP contribution in [0.5, 0.6) is 11.5 Å². The van der Waals surface area contributed by atoms with Crippen molar-refractivity contribution in [3.63, 3.8) is 0 Å². The molecule has 0 aromatic heterocycles. The molecule has 0 spiro atoms. The molecule has 0 heterocycles. The highest BCUT2D eigenvalue weighted by molar-refractivity contribution is 5.79. The van der Waals surface area contributed by atoms with Gasteiger partial charge in [0.25, 0.3) is 0 Å². The maximum atomic E-state index is 5.68. The van der Waals surface area contributed by atoms with E-state index in [2.05, 4.69) is 34.5 Å². The second-order valence-corrected chi connectivity index (χ2v) is 5.61. The summed E-state index contributed by atoms with van der Waals surface area (Å²) in [6.07, 6.45) is 2.47. The van der Waals surface area contributed by atoms with Gasteiger partial charge < -0.3 is 25.0 Å². The van der Waals surface area contributed by atoms with E-state index >= 15 is 0 Å². The third-order valence-corrected chi connectivity index (χ3v) is 3.63. The van der Waals surface area contributed by atoms with Crippen LogP contribution in [-0.2, 0) is 0 Å². The predicted molar refractivity (Wildman–Crippen MR) is 100 cm³/mol. The van der Waals surface area contributed by atoms with Crippen LogP contribution < -0.4 is 20.1 Å². The molecule has 0 saturated heterocycles. The zero-order valence-corrected chi connectivity index (χ0v) is 15.5. The molecule has 1 aromatic rings. The third kappa shape index (κ3) is 8.62. The molecule has 2 N–H and O–H groups in total. The Kier molecular flexibility index (Phi) is 10.4. The summed E-state index contributed by atoms with van der Waals surface area (Å²) in [7, 11) is 5.58. The number of guanidine groups is 1. The van der Waals surface area contributed by atoms with Crippen LogP contribution in [0.4, 0.5) is 0 Å². The predicted octanol–water partition coefficient (Wildman–Crippen LogP) is 1.97. The first-order valence-corrected chi connectivity index (χ1v) is 8.59. The maximum Gasteiger partial charge on any atom is 0.191 e. The Morgan fingerprint density at radius 2 is 1.75 bits per heavy atom. The van der Waals surface area contributed by atoms with Crippen molar-refractivity contribution in [1.29, 1.82) is 0 Å². The van der Waals surface area contributed by atoms with Crippen LogP contribution in [0.1, 0.15) is 19.8 Å². The SMILES string of the molecule is CCCCN(C)CCNC(=NC)NCCOc1ccc(OC)cc1. The lowest BCUT2D eigenvalue weighted by Crippen LogP contribution is -2.42. The van der Waals surface area contributed by atoms with E-state index in [1.165, 1.54) is 12.8 Å². The molecule has 1 aromatic carbocycles. The number of aliphatic imine (C=N–C) groups is 1. The average Bonchev–Trinajstić information content (AvgIpc) is 2.62. The number of hydrogen-bond donors (Lipinski definition) is 2. The van der Waals surface area contributed by atoms with Crippen LogP contribution in [0, 0.1) is 0 Å². The molecule has 0 amide bonds. The van der Waals surface area contributed by atoms with Gasteiger partial charge in [0.1, 0.15) is 18.1 Å². The van der Waals surface area contributed by atoms with Crippen LogP contribution in [0.2, 0.25) is 0 Å². The first kappa shape index (κ1) is 20.1. The van der Waals surface area contributed by atoms with Gasteiger partial charge in [0.2, 0.25) is 0 Å². The van der Waals surface area contributed by atoms with E-state index in [-0.39, 0.29) is 0 Å². The highest BCUT2D eigenvalue weighted by Crippen LogP contribution is 2.16. The van der Waals surface area contributed by atoms with E-state index in [1.54, 1.807) is 14.2 Å². The van der Waals surface area contributed by atoms with E-state index in [0.29, 0.717) is 13.2 Å². The Hall–Kier alpha value is -1.95. The summed E-state index contributed by atoms with van der Waals surface area (Å²) < 4.78 is 10.8. The van der Waals surface area contributed by atoms with E-state index in [1.807, 2.05) is 24.3 Å². The Morgan fingerprint density at radius 3 is 2.38 bits per heavy atom. The van der Waals surface area contributed by atoms with Crippen LogP contribution in [-0.4, -0.2) is 64.9 Å². The Bertz CT molecular complexity index is 463. The molecule has 136 valence electrons. The monoisotopic (exact) mass is 336 g/mol. The van der Waals surface area contributed by atoms with Gasteiger partial charge in [-0.2, -0.15) is 0 Å². The summed E-state index contributed by atoms with van der Waals surface area (Å²) in [5.41, 5.74) is 0. The van der Waals surface area contributed by atoms with Gasteiger partial charge in [-0.15, -0.1) is 0 Å². The summed E-state index contributed by atoms with van der Waals surface area (Å²) in [6.45, 7) is 6.49. The summed E-state index contributed by atoms with van der Waals surface area (Å²) in [4.78, 5) is 6.55. The minimum absolute atomic E-state index is 0.573.